The van der Waals surface area contributed by atoms with E-state index in [0.717, 1.165) is 11.1 Å². The lowest BCUT2D eigenvalue weighted by Crippen LogP contribution is -2.55. The van der Waals surface area contributed by atoms with Crippen LogP contribution < -0.4 is 22.1 Å². The first-order valence-electron chi connectivity index (χ1n) is 8.66. The van der Waals surface area contributed by atoms with Gasteiger partial charge in [0.05, 0.1) is 6.54 Å². The minimum absolute atomic E-state index is 0.234. The van der Waals surface area contributed by atoms with Crippen molar-refractivity contribution in [2.45, 2.75) is 24.9 Å². The fourth-order valence-corrected chi connectivity index (χ4v) is 2.66. The van der Waals surface area contributed by atoms with Gasteiger partial charge in [0.25, 0.3) is 0 Å². The minimum Gasteiger partial charge on any atom is -0.368 e. The Hall–Kier alpha value is -3.19. The Kier molecular flexibility index (Phi) is 7.51. The van der Waals surface area contributed by atoms with E-state index in [1.807, 2.05) is 60.7 Å². The Bertz CT molecular complexity index is 765. The SMILES string of the molecule is NCC(=O)N[C@@H](Cc1ccccc1)C(=O)N[C@@H](Cc1ccccc1)C(N)=O. The summed E-state index contributed by atoms with van der Waals surface area (Å²) in [6.07, 6.45) is 0.542. The van der Waals surface area contributed by atoms with Gasteiger partial charge in [-0.15, -0.1) is 0 Å². The number of carbonyl (C=O) groups excluding carboxylic acids is 3. The molecule has 0 bridgehead atoms. The first kappa shape index (κ1) is 20.1. The van der Waals surface area contributed by atoms with E-state index in [9.17, 15) is 14.4 Å². The molecular weight excluding hydrogens is 344 g/mol. The average Bonchev–Trinajstić information content (AvgIpc) is 2.68. The van der Waals surface area contributed by atoms with Crippen molar-refractivity contribution >= 4 is 17.7 Å². The van der Waals surface area contributed by atoms with Gasteiger partial charge in [0.2, 0.25) is 17.7 Å². The molecule has 0 fully saturated rings. The molecule has 2 aromatic rings. The third-order valence-electron chi connectivity index (χ3n) is 4.06. The molecule has 0 aromatic heterocycles. The van der Waals surface area contributed by atoms with E-state index in [0.29, 0.717) is 0 Å². The van der Waals surface area contributed by atoms with E-state index >= 15 is 0 Å². The van der Waals surface area contributed by atoms with Crippen LogP contribution in [0.5, 0.6) is 0 Å². The van der Waals surface area contributed by atoms with E-state index in [4.69, 9.17) is 11.5 Å². The molecule has 0 aliphatic rings. The van der Waals surface area contributed by atoms with Gasteiger partial charge in [-0.3, -0.25) is 14.4 Å². The summed E-state index contributed by atoms with van der Waals surface area (Å²) in [5.41, 5.74) is 12.5. The average molecular weight is 368 g/mol. The van der Waals surface area contributed by atoms with E-state index in [1.165, 1.54) is 0 Å². The summed E-state index contributed by atoms with van der Waals surface area (Å²) in [6.45, 7) is -0.234. The third-order valence-corrected chi connectivity index (χ3v) is 4.06. The van der Waals surface area contributed by atoms with Crippen LogP contribution in [0, 0.1) is 0 Å². The molecule has 7 heteroatoms. The molecule has 6 N–H and O–H groups in total. The molecule has 0 saturated carbocycles. The Morgan fingerprint density at radius 1 is 0.778 bits per heavy atom. The van der Waals surface area contributed by atoms with Crippen LogP contribution in [0.25, 0.3) is 0 Å². The number of rotatable bonds is 9. The highest BCUT2D eigenvalue weighted by Crippen LogP contribution is 2.06. The van der Waals surface area contributed by atoms with Gasteiger partial charge in [0.15, 0.2) is 0 Å². The topological polar surface area (TPSA) is 127 Å². The summed E-state index contributed by atoms with van der Waals surface area (Å²) < 4.78 is 0. The lowest BCUT2D eigenvalue weighted by Gasteiger charge is -2.22. The standard InChI is InChI=1S/C20H24N4O3/c21-13-18(25)23-17(12-15-9-5-2-6-10-15)20(27)24-16(19(22)26)11-14-7-3-1-4-8-14/h1-10,16-17H,11-13,21H2,(H2,22,26)(H,23,25)(H,24,27)/t16-,17-/m0/s1. The molecule has 142 valence electrons. The van der Waals surface area contributed by atoms with Crippen molar-refractivity contribution in [2.24, 2.45) is 11.5 Å². The molecule has 0 heterocycles. The summed E-state index contributed by atoms with van der Waals surface area (Å²) in [5.74, 6) is -1.58. The highest BCUT2D eigenvalue weighted by Gasteiger charge is 2.25. The van der Waals surface area contributed by atoms with Crippen LogP contribution >= 0.6 is 0 Å². The van der Waals surface area contributed by atoms with Crippen LogP contribution in [0.2, 0.25) is 0 Å². The summed E-state index contributed by atoms with van der Waals surface area (Å²) >= 11 is 0. The normalized spacial score (nSPS) is 12.6. The van der Waals surface area contributed by atoms with Crippen molar-refractivity contribution in [2.75, 3.05) is 6.54 Å². The van der Waals surface area contributed by atoms with Gasteiger partial charge < -0.3 is 22.1 Å². The van der Waals surface area contributed by atoms with Gasteiger partial charge >= 0.3 is 0 Å². The molecule has 2 rings (SSSR count). The van der Waals surface area contributed by atoms with Gasteiger partial charge in [0.1, 0.15) is 12.1 Å². The van der Waals surface area contributed by atoms with Gasteiger partial charge in [0, 0.05) is 12.8 Å². The van der Waals surface area contributed by atoms with Crippen molar-refractivity contribution < 1.29 is 14.4 Å². The fourth-order valence-electron chi connectivity index (χ4n) is 2.66. The van der Waals surface area contributed by atoms with Crippen molar-refractivity contribution in [3.05, 3.63) is 71.8 Å². The highest BCUT2D eigenvalue weighted by atomic mass is 16.2. The number of nitrogens with one attached hydrogen (secondary N) is 2. The number of benzene rings is 2. The largest absolute Gasteiger partial charge is 0.368 e. The van der Waals surface area contributed by atoms with Crippen LogP contribution in [-0.4, -0.2) is 36.3 Å². The second-order valence-corrected chi connectivity index (χ2v) is 6.17. The van der Waals surface area contributed by atoms with Crippen molar-refractivity contribution in [3.8, 4) is 0 Å². The summed E-state index contributed by atoms with van der Waals surface area (Å²) in [5, 5.41) is 5.24. The Labute approximate surface area is 158 Å². The van der Waals surface area contributed by atoms with Gasteiger partial charge in [-0.2, -0.15) is 0 Å². The first-order chi connectivity index (χ1) is 13.0. The predicted molar refractivity (Wildman–Crippen MR) is 102 cm³/mol. The van der Waals surface area contributed by atoms with Crippen LogP contribution in [0.4, 0.5) is 0 Å². The zero-order valence-electron chi connectivity index (χ0n) is 14.9. The zero-order chi connectivity index (χ0) is 19.6. The fraction of sp³-hybridized carbons (Fsp3) is 0.250. The smallest absolute Gasteiger partial charge is 0.243 e. The molecule has 3 amide bonds. The number of hydrogen-bond donors (Lipinski definition) is 4. The second kappa shape index (κ2) is 10.1. The monoisotopic (exact) mass is 368 g/mol. The van der Waals surface area contributed by atoms with Crippen molar-refractivity contribution in [1.29, 1.82) is 0 Å². The number of hydrogen-bond acceptors (Lipinski definition) is 4. The molecule has 7 nitrogen and oxygen atoms in total. The van der Waals surface area contributed by atoms with Crippen LogP contribution in [0.3, 0.4) is 0 Å². The maximum absolute atomic E-state index is 12.7. The van der Waals surface area contributed by atoms with Gasteiger partial charge in [-0.25, -0.2) is 0 Å². The van der Waals surface area contributed by atoms with Crippen LogP contribution in [0.1, 0.15) is 11.1 Å². The van der Waals surface area contributed by atoms with E-state index < -0.39 is 29.8 Å². The van der Waals surface area contributed by atoms with E-state index in [-0.39, 0.29) is 19.4 Å². The van der Waals surface area contributed by atoms with Crippen LogP contribution in [0.15, 0.2) is 60.7 Å². The molecule has 0 aliphatic heterocycles. The maximum atomic E-state index is 12.7. The zero-order valence-corrected chi connectivity index (χ0v) is 14.9. The van der Waals surface area contributed by atoms with Crippen molar-refractivity contribution in [1.82, 2.24) is 10.6 Å². The van der Waals surface area contributed by atoms with E-state index in [1.54, 1.807) is 0 Å². The Balaban J connectivity index is 2.11. The summed E-state index contributed by atoms with van der Waals surface area (Å²) in [4.78, 5) is 36.2. The molecule has 0 unspecified atom stereocenters. The quantitative estimate of drug-likeness (QED) is 0.492. The molecule has 0 saturated heterocycles. The highest BCUT2D eigenvalue weighted by molar-refractivity contribution is 5.92. The van der Waals surface area contributed by atoms with Gasteiger partial charge in [-0.05, 0) is 11.1 Å². The molecule has 0 aliphatic carbocycles. The molecule has 0 spiro atoms. The Morgan fingerprint density at radius 2 is 1.26 bits per heavy atom. The lowest BCUT2D eigenvalue weighted by atomic mass is 10.0. The number of amides is 3. The number of primary amides is 1. The molecular formula is C20H24N4O3. The molecule has 27 heavy (non-hydrogen) atoms. The Morgan fingerprint density at radius 3 is 1.70 bits per heavy atom. The minimum atomic E-state index is -0.882. The summed E-state index contributed by atoms with van der Waals surface area (Å²) in [6, 6.07) is 16.7. The van der Waals surface area contributed by atoms with Crippen LogP contribution in [-0.2, 0) is 27.2 Å². The first-order valence-corrected chi connectivity index (χ1v) is 8.66. The molecule has 0 radical (unpaired) electrons. The molecule has 2 atom stereocenters. The second-order valence-electron chi connectivity index (χ2n) is 6.17. The lowest BCUT2D eigenvalue weighted by molar-refractivity contribution is -0.131. The number of nitrogens with two attached hydrogens (primary N) is 2. The third kappa shape index (κ3) is 6.56. The number of carbonyl (C=O) groups is 3. The maximum Gasteiger partial charge on any atom is 0.243 e. The summed E-state index contributed by atoms with van der Waals surface area (Å²) in [7, 11) is 0. The van der Waals surface area contributed by atoms with Gasteiger partial charge in [-0.1, -0.05) is 60.7 Å². The predicted octanol–water partition coefficient (Wildman–Crippen LogP) is -0.115. The van der Waals surface area contributed by atoms with E-state index in [2.05, 4.69) is 10.6 Å². The molecule has 2 aromatic carbocycles. The van der Waals surface area contributed by atoms with Crippen molar-refractivity contribution in [3.63, 3.8) is 0 Å².